The highest BCUT2D eigenvalue weighted by atomic mass is 32.2. The highest BCUT2D eigenvalue weighted by Gasteiger charge is 2.30. The minimum absolute atomic E-state index is 0.0589. The lowest BCUT2D eigenvalue weighted by Crippen LogP contribution is -2.50. The maximum Gasteiger partial charge on any atom is 0.270 e. The molecule has 0 saturated carbocycles. The largest absolute Gasteiger partial charge is 0.337 e. The molecule has 1 heterocycles. The van der Waals surface area contributed by atoms with E-state index in [-0.39, 0.29) is 42.7 Å². The number of hydrogen-bond donors (Lipinski definition) is 0. The number of sulfonamides is 1. The third-order valence-electron chi connectivity index (χ3n) is 4.86. The van der Waals surface area contributed by atoms with Crippen molar-refractivity contribution in [2.75, 3.05) is 26.2 Å². The molecule has 1 amide bonds. The van der Waals surface area contributed by atoms with Gasteiger partial charge in [0.1, 0.15) is 5.82 Å². The van der Waals surface area contributed by atoms with Crippen LogP contribution in [0.5, 0.6) is 0 Å². The highest BCUT2D eigenvalue weighted by molar-refractivity contribution is 7.89. The lowest BCUT2D eigenvalue weighted by atomic mass is 10.1. The Morgan fingerprint density at radius 3 is 2.40 bits per heavy atom. The monoisotopic (exact) mass is 433 g/mol. The van der Waals surface area contributed by atoms with Crippen LogP contribution >= 0.6 is 0 Å². The van der Waals surface area contributed by atoms with Crippen molar-refractivity contribution < 1.29 is 22.5 Å². The molecule has 10 heteroatoms. The van der Waals surface area contributed by atoms with Gasteiger partial charge in [-0.25, -0.2) is 12.8 Å². The number of non-ortho nitro benzene ring substituents is 1. The van der Waals surface area contributed by atoms with Gasteiger partial charge in [-0.1, -0.05) is 24.3 Å². The van der Waals surface area contributed by atoms with E-state index in [4.69, 9.17) is 0 Å². The van der Waals surface area contributed by atoms with E-state index in [2.05, 4.69) is 0 Å². The molecule has 0 unspecified atom stereocenters. The summed E-state index contributed by atoms with van der Waals surface area (Å²) in [7, 11) is -3.91. The molecule has 158 valence electrons. The average molecular weight is 433 g/mol. The first kappa shape index (κ1) is 21.6. The van der Waals surface area contributed by atoms with E-state index in [1.807, 2.05) is 0 Å². The van der Waals surface area contributed by atoms with Gasteiger partial charge in [0.25, 0.3) is 5.69 Å². The average Bonchev–Trinajstić information content (AvgIpc) is 2.74. The predicted octanol–water partition coefficient (Wildman–Crippen LogP) is 2.67. The number of halogens is 1. The Hall–Kier alpha value is -3.11. The van der Waals surface area contributed by atoms with Gasteiger partial charge in [0.15, 0.2) is 0 Å². The van der Waals surface area contributed by atoms with Gasteiger partial charge in [-0.3, -0.25) is 14.9 Å². The Balaban J connectivity index is 1.69. The van der Waals surface area contributed by atoms with Crippen LogP contribution in [0.15, 0.2) is 59.5 Å². The van der Waals surface area contributed by atoms with Gasteiger partial charge in [-0.15, -0.1) is 0 Å². The van der Waals surface area contributed by atoms with Crippen LogP contribution in [-0.4, -0.2) is 54.6 Å². The molecule has 1 fully saturated rings. The van der Waals surface area contributed by atoms with Crippen LogP contribution in [0.3, 0.4) is 0 Å². The Bertz CT molecular complexity index is 1110. The molecule has 1 saturated heterocycles. The molecular formula is C20H20FN3O5S. The molecular weight excluding hydrogens is 413 g/mol. The number of piperazine rings is 1. The topological polar surface area (TPSA) is 101 Å². The van der Waals surface area contributed by atoms with Crippen LogP contribution in [0, 0.1) is 15.9 Å². The SMILES string of the molecule is CC(=CC(=O)N1CCN(S(=O)(=O)c2cccc([N+](=O)[O-])c2)CC1)c1ccccc1F. The highest BCUT2D eigenvalue weighted by Crippen LogP contribution is 2.23. The molecule has 0 bridgehead atoms. The first-order valence-corrected chi connectivity index (χ1v) is 10.6. The molecule has 2 aromatic rings. The van der Waals surface area contributed by atoms with E-state index in [1.165, 1.54) is 39.5 Å². The molecule has 0 spiro atoms. The number of benzene rings is 2. The first-order valence-electron chi connectivity index (χ1n) is 9.17. The van der Waals surface area contributed by atoms with Gasteiger partial charge in [0, 0.05) is 50.0 Å². The van der Waals surface area contributed by atoms with Crippen LogP contribution in [0.25, 0.3) is 5.57 Å². The predicted molar refractivity (Wildman–Crippen MR) is 108 cm³/mol. The van der Waals surface area contributed by atoms with E-state index in [9.17, 15) is 27.7 Å². The number of allylic oxidation sites excluding steroid dienone is 1. The normalized spacial score (nSPS) is 15.8. The van der Waals surface area contributed by atoms with E-state index < -0.39 is 20.8 Å². The minimum atomic E-state index is -3.91. The van der Waals surface area contributed by atoms with E-state index >= 15 is 0 Å². The zero-order chi connectivity index (χ0) is 21.9. The number of carbonyl (C=O) groups is 1. The molecule has 0 N–H and O–H groups in total. The number of amides is 1. The number of nitro groups is 1. The first-order chi connectivity index (χ1) is 14.2. The third-order valence-corrected chi connectivity index (χ3v) is 6.75. The van der Waals surface area contributed by atoms with E-state index in [0.717, 1.165) is 6.07 Å². The van der Waals surface area contributed by atoms with Gasteiger partial charge in [-0.2, -0.15) is 4.31 Å². The van der Waals surface area contributed by atoms with Crippen LogP contribution in [0.4, 0.5) is 10.1 Å². The second kappa shape index (κ2) is 8.72. The summed E-state index contributed by atoms with van der Waals surface area (Å²) in [6.45, 7) is 2.08. The maximum absolute atomic E-state index is 13.9. The molecule has 30 heavy (non-hydrogen) atoms. The maximum atomic E-state index is 13.9. The molecule has 1 aliphatic rings. The fraction of sp³-hybridized carbons (Fsp3) is 0.250. The van der Waals surface area contributed by atoms with Crippen molar-refractivity contribution in [2.45, 2.75) is 11.8 Å². The number of rotatable bonds is 5. The van der Waals surface area contributed by atoms with Crippen molar-refractivity contribution in [1.82, 2.24) is 9.21 Å². The van der Waals surface area contributed by atoms with Crippen LogP contribution in [0.2, 0.25) is 0 Å². The lowest BCUT2D eigenvalue weighted by molar-refractivity contribution is -0.385. The number of carbonyl (C=O) groups excluding carboxylic acids is 1. The molecule has 1 aliphatic heterocycles. The molecule has 0 radical (unpaired) electrons. The quantitative estimate of drug-likeness (QED) is 0.410. The standard InChI is InChI=1S/C20H20FN3O5S/c1-15(18-7-2-3-8-19(18)21)13-20(25)22-9-11-23(12-10-22)30(28,29)17-6-4-5-16(14-17)24(26)27/h2-8,13-14H,9-12H2,1H3. The summed E-state index contributed by atoms with van der Waals surface area (Å²) < 4.78 is 40.6. The van der Waals surface area contributed by atoms with Crippen molar-refractivity contribution in [3.63, 3.8) is 0 Å². The number of nitro benzene ring substituents is 1. The van der Waals surface area contributed by atoms with Crippen LogP contribution < -0.4 is 0 Å². The summed E-state index contributed by atoms with van der Waals surface area (Å²) in [5.74, 6) is -0.755. The molecule has 8 nitrogen and oxygen atoms in total. The van der Waals surface area contributed by atoms with Gasteiger partial charge in [0.2, 0.25) is 15.9 Å². The third kappa shape index (κ3) is 4.55. The van der Waals surface area contributed by atoms with Gasteiger partial charge in [0.05, 0.1) is 9.82 Å². The molecule has 0 aliphatic carbocycles. The summed E-state index contributed by atoms with van der Waals surface area (Å²) in [5, 5.41) is 10.9. The zero-order valence-corrected chi connectivity index (χ0v) is 17.0. The van der Waals surface area contributed by atoms with E-state index in [0.29, 0.717) is 11.1 Å². The summed E-state index contributed by atoms with van der Waals surface area (Å²) in [6.07, 6.45) is 1.34. The second-order valence-corrected chi connectivity index (χ2v) is 8.73. The van der Waals surface area contributed by atoms with Crippen molar-refractivity contribution in [1.29, 1.82) is 0 Å². The van der Waals surface area contributed by atoms with Crippen molar-refractivity contribution >= 4 is 27.2 Å². The molecule has 0 atom stereocenters. The van der Waals surface area contributed by atoms with Crippen LogP contribution in [-0.2, 0) is 14.8 Å². The van der Waals surface area contributed by atoms with Crippen LogP contribution in [0.1, 0.15) is 12.5 Å². The Kier molecular flexibility index (Phi) is 6.28. The number of hydrogen-bond acceptors (Lipinski definition) is 5. The summed E-state index contributed by atoms with van der Waals surface area (Å²) in [6, 6.07) is 11.0. The Labute approximate surface area is 173 Å². The summed E-state index contributed by atoms with van der Waals surface area (Å²) >= 11 is 0. The minimum Gasteiger partial charge on any atom is -0.337 e. The van der Waals surface area contributed by atoms with Gasteiger partial charge < -0.3 is 4.90 Å². The van der Waals surface area contributed by atoms with Crippen molar-refractivity contribution in [3.8, 4) is 0 Å². The van der Waals surface area contributed by atoms with Gasteiger partial charge >= 0.3 is 0 Å². The fourth-order valence-electron chi connectivity index (χ4n) is 3.19. The Morgan fingerprint density at radius 2 is 1.77 bits per heavy atom. The smallest absolute Gasteiger partial charge is 0.270 e. The van der Waals surface area contributed by atoms with E-state index in [1.54, 1.807) is 25.1 Å². The summed E-state index contributed by atoms with van der Waals surface area (Å²) in [5.41, 5.74) is 0.501. The lowest BCUT2D eigenvalue weighted by Gasteiger charge is -2.33. The molecule has 3 rings (SSSR count). The van der Waals surface area contributed by atoms with Crippen molar-refractivity contribution in [2.24, 2.45) is 0 Å². The zero-order valence-electron chi connectivity index (χ0n) is 16.2. The molecule has 0 aromatic heterocycles. The Morgan fingerprint density at radius 1 is 1.10 bits per heavy atom. The van der Waals surface area contributed by atoms with Crippen molar-refractivity contribution in [3.05, 3.63) is 76.1 Å². The summed E-state index contributed by atoms with van der Waals surface area (Å²) in [4.78, 5) is 24.1. The number of nitrogens with zero attached hydrogens (tertiary/aromatic N) is 3. The van der Waals surface area contributed by atoms with Gasteiger partial charge in [-0.05, 0) is 24.6 Å². The second-order valence-electron chi connectivity index (χ2n) is 6.79. The molecule has 2 aromatic carbocycles. The fourth-order valence-corrected chi connectivity index (χ4v) is 4.65.